The Hall–Kier alpha value is -2.51. The number of nitrogens with zero attached hydrogens (tertiary/aromatic N) is 2. The number of hydrogen-bond acceptors (Lipinski definition) is 5. The molecule has 6 nitrogen and oxygen atoms in total. The van der Waals surface area contributed by atoms with E-state index in [4.69, 9.17) is 4.74 Å². The van der Waals surface area contributed by atoms with Crippen LogP contribution in [-0.2, 0) is 4.74 Å². The summed E-state index contributed by atoms with van der Waals surface area (Å²) in [5.41, 5.74) is 1.17. The van der Waals surface area contributed by atoms with Gasteiger partial charge in [0.1, 0.15) is 0 Å². The Morgan fingerprint density at radius 2 is 1.97 bits per heavy atom. The summed E-state index contributed by atoms with van der Waals surface area (Å²) in [5.74, 6) is -0.704. The molecule has 2 unspecified atom stereocenters. The van der Waals surface area contributed by atoms with Crippen molar-refractivity contribution in [1.82, 2.24) is 9.80 Å². The number of likely N-dealkylation sites (tertiary alicyclic amines) is 1. The molecule has 1 aromatic heterocycles. The molecule has 0 bridgehead atoms. The van der Waals surface area contributed by atoms with Gasteiger partial charge in [-0.2, -0.15) is 0 Å². The number of rotatable bonds is 4. The van der Waals surface area contributed by atoms with E-state index in [1.54, 1.807) is 29.5 Å². The van der Waals surface area contributed by atoms with Crippen molar-refractivity contribution >= 4 is 29.1 Å². The van der Waals surface area contributed by atoms with Crippen LogP contribution in [0.5, 0.6) is 0 Å². The van der Waals surface area contributed by atoms with Crippen LogP contribution in [0.4, 0.5) is 0 Å². The van der Waals surface area contributed by atoms with Gasteiger partial charge in [-0.15, -0.1) is 11.3 Å². The maximum absolute atomic E-state index is 13.2. The summed E-state index contributed by atoms with van der Waals surface area (Å²) in [6.07, 6.45) is 3.63. The number of carbonyl (C=O) groups is 3. The minimum atomic E-state index is -0.327. The van der Waals surface area contributed by atoms with Crippen molar-refractivity contribution in [1.29, 1.82) is 0 Å². The van der Waals surface area contributed by atoms with E-state index in [2.05, 4.69) is 6.07 Å². The zero-order valence-electron chi connectivity index (χ0n) is 16.0. The molecule has 0 aliphatic carbocycles. The van der Waals surface area contributed by atoms with E-state index >= 15 is 0 Å². The summed E-state index contributed by atoms with van der Waals surface area (Å²) in [6.45, 7) is 1.66. The third-order valence-corrected chi connectivity index (χ3v) is 6.99. The number of fused-ring (bicyclic) bond motifs is 1. The molecule has 2 saturated heterocycles. The molecule has 3 aliphatic rings. The second-order valence-corrected chi connectivity index (χ2v) is 8.77. The Morgan fingerprint density at radius 3 is 2.72 bits per heavy atom. The van der Waals surface area contributed by atoms with Crippen LogP contribution in [0.15, 0.2) is 35.7 Å². The number of carbonyl (C=O) groups excluding carboxylic acids is 3. The largest absolute Gasteiger partial charge is 0.376 e. The first kappa shape index (κ1) is 18.5. The van der Waals surface area contributed by atoms with Gasteiger partial charge in [0.2, 0.25) is 0 Å². The highest BCUT2D eigenvalue weighted by Crippen LogP contribution is 2.36. The summed E-state index contributed by atoms with van der Waals surface area (Å²) in [5, 5.41) is 2.03. The monoisotopic (exact) mass is 410 g/mol. The third kappa shape index (κ3) is 3.18. The molecule has 7 heteroatoms. The number of hydrogen-bond donors (Lipinski definition) is 0. The van der Waals surface area contributed by atoms with Crippen LogP contribution in [0, 0.1) is 0 Å². The molecule has 2 aromatic rings. The van der Waals surface area contributed by atoms with Gasteiger partial charge >= 0.3 is 0 Å². The highest BCUT2D eigenvalue weighted by atomic mass is 32.1. The lowest BCUT2D eigenvalue weighted by Crippen LogP contribution is -2.36. The first-order valence-corrected chi connectivity index (χ1v) is 11.0. The highest BCUT2D eigenvalue weighted by molar-refractivity contribution is 7.10. The molecule has 0 spiro atoms. The fourth-order valence-electron chi connectivity index (χ4n) is 4.53. The molecule has 150 valence electrons. The smallest absolute Gasteiger partial charge is 0.261 e. The van der Waals surface area contributed by atoms with Crippen molar-refractivity contribution in [3.8, 4) is 0 Å². The number of ether oxygens (including phenoxy) is 1. The van der Waals surface area contributed by atoms with Crippen LogP contribution in [0.2, 0.25) is 0 Å². The fourth-order valence-corrected chi connectivity index (χ4v) is 5.41. The molecule has 3 aliphatic heterocycles. The molecule has 3 amide bonds. The summed E-state index contributed by atoms with van der Waals surface area (Å²) < 4.78 is 5.58. The van der Waals surface area contributed by atoms with E-state index in [1.165, 1.54) is 9.78 Å². The minimum Gasteiger partial charge on any atom is -0.376 e. The lowest BCUT2D eigenvalue weighted by molar-refractivity contribution is 0.0475. The lowest BCUT2D eigenvalue weighted by Gasteiger charge is -2.24. The van der Waals surface area contributed by atoms with Gasteiger partial charge in [-0.25, -0.2) is 0 Å². The summed E-state index contributed by atoms with van der Waals surface area (Å²) in [6, 6.07) is 9.04. The Labute approximate surface area is 173 Å². The van der Waals surface area contributed by atoms with Gasteiger partial charge in [-0.3, -0.25) is 19.3 Å². The van der Waals surface area contributed by atoms with Crippen molar-refractivity contribution in [2.24, 2.45) is 0 Å². The Kier molecular flexibility index (Phi) is 4.72. The van der Waals surface area contributed by atoms with Crippen LogP contribution in [-0.4, -0.2) is 53.3 Å². The summed E-state index contributed by atoms with van der Waals surface area (Å²) in [4.78, 5) is 43.1. The van der Waals surface area contributed by atoms with Gasteiger partial charge in [0.15, 0.2) is 0 Å². The van der Waals surface area contributed by atoms with E-state index in [0.29, 0.717) is 29.8 Å². The normalized spacial score (nSPS) is 23.9. The summed E-state index contributed by atoms with van der Waals surface area (Å²) in [7, 11) is 0. The molecule has 1 aromatic carbocycles. The Balaban J connectivity index is 1.39. The topological polar surface area (TPSA) is 66.9 Å². The SMILES string of the molecule is O=C1c2ccc(C(=O)N3CCCC3c3cccs3)cc2C(=O)N1CC1CCCO1. The number of amides is 3. The molecule has 5 rings (SSSR count). The predicted octanol–water partition coefficient (Wildman–Crippen LogP) is 3.50. The molecule has 0 N–H and O–H groups in total. The third-order valence-electron chi connectivity index (χ3n) is 6.01. The van der Waals surface area contributed by atoms with E-state index in [1.807, 2.05) is 16.3 Å². The quantitative estimate of drug-likeness (QED) is 0.724. The second kappa shape index (κ2) is 7.39. The van der Waals surface area contributed by atoms with Crippen molar-refractivity contribution < 1.29 is 19.1 Å². The second-order valence-electron chi connectivity index (χ2n) is 7.79. The van der Waals surface area contributed by atoms with Crippen molar-refractivity contribution in [2.75, 3.05) is 19.7 Å². The molecule has 4 heterocycles. The molecule has 2 fully saturated rings. The van der Waals surface area contributed by atoms with E-state index in [9.17, 15) is 14.4 Å². The van der Waals surface area contributed by atoms with Gasteiger partial charge in [-0.1, -0.05) is 6.07 Å². The standard InChI is InChI=1S/C22H22N2O4S/c25-20(23-9-1-5-18(23)19-6-3-11-29-19)14-7-8-16-17(12-14)22(27)24(21(16)26)13-15-4-2-10-28-15/h3,6-8,11-12,15,18H,1-2,4-5,9-10,13H2. The fraction of sp³-hybridized carbons (Fsp3) is 0.409. The van der Waals surface area contributed by atoms with E-state index < -0.39 is 0 Å². The minimum absolute atomic E-state index is 0.0819. The summed E-state index contributed by atoms with van der Waals surface area (Å²) >= 11 is 1.66. The number of benzene rings is 1. The lowest BCUT2D eigenvalue weighted by atomic mass is 10.0. The zero-order chi connectivity index (χ0) is 20.0. The van der Waals surface area contributed by atoms with E-state index in [0.717, 1.165) is 25.7 Å². The van der Waals surface area contributed by atoms with Gasteiger partial charge in [0, 0.05) is 23.6 Å². The average molecular weight is 410 g/mol. The molecule has 2 atom stereocenters. The first-order chi connectivity index (χ1) is 14.1. The van der Waals surface area contributed by atoms with E-state index in [-0.39, 0.29) is 36.4 Å². The first-order valence-electron chi connectivity index (χ1n) is 10.1. The Bertz CT molecular complexity index is 965. The van der Waals surface area contributed by atoms with Gasteiger partial charge in [0.05, 0.1) is 29.8 Å². The highest BCUT2D eigenvalue weighted by Gasteiger charge is 2.39. The average Bonchev–Trinajstić information content (AvgIpc) is 3.52. The van der Waals surface area contributed by atoms with Crippen LogP contribution in [0.1, 0.15) is 67.7 Å². The van der Waals surface area contributed by atoms with Gasteiger partial charge in [0.25, 0.3) is 17.7 Å². The molecule has 0 radical (unpaired) electrons. The van der Waals surface area contributed by atoms with Crippen LogP contribution in [0.25, 0.3) is 0 Å². The maximum atomic E-state index is 13.2. The molecular weight excluding hydrogens is 388 g/mol. The van der Waals surface area contributed by atoms with Gasteiger partial charge in [-0.05, 0) is 55.3 Å². The van der Waals surface area contributed by atoms with Crippen molar-refractivity contribution in [3.63, 3.8) is 0 Å². The van der Waals surface area contributed by atoms with Crippen LogP contribution < -0.4 is 0 Å². The number of thiophene rings is 1. The number of imide groups is 1. The van der Waals surface area contributed by atoms with Crippen LogP contribution >= 0.6 is 11.3 Å². The molecule has 29 heavy (non-hydrogen) atoms. The van der Waals surface area contributed by atoms with Crippen molar-refractivity contribution in [3.05, 3.63) is 57.3 Å². The zero-order valence-corrected chi connectivity index (χ0v) is 16.8. The predicted molar refractivity (Wildman–Crippen MR) is 108 cm³/mol. The van der Waals surface area contributed by atoms with Crippen LogP contribution in [0.3, 0.4) is 0 Å². The molecular formula is C22H22N2O4S. The maximum Gasteiger partial charge on any atom is 0.261 e. The Morgan fingerprint density at radius 1 is 1.10 bits per heavy atom. The van der Waals surface area contributed by atoms with Crippen molar-refractivity contribution in [2.45, 2.75) is 37.8 Å². The molecule has 0 saturated carbocycles. The van der Waals surface area contributed by atoms with Gasteiger partial charge < -0.3 is 9.64 Å².